The minimum Gasteiger partial charge on any atom is -0.484 e. The molecular weight excluding hydrogens is 639 g/mol. The molecule has 0 saturated heterocycles. The molecule has 0 bridgehead atoms. The normalized spacial score (nSPS) is 13.1. The number of aliphatic carboxylic acids is 1. The van der Waals surface area contributed by atoms with Gasteiger partial charge in [0.15, 0.2) is 6.61 Å². The van der Waals surface area contributed by atoms with Crippen LogP contribution in [0.1, 0.15) is 29.2 Å². The van der Waals surface area contributed by atoms with E-state index in [1.165, 1.54) is 12.1 Å². The maximum absolute atomic E-state index is 13.5. The summed E-state index contributed by atoms with van der Waals surface area (Å²) in [4.78, 5) is 50.0. The zero-order valence-corrected chi connectivity index (χ0v) is 26.6. The Balaban J connectivity index is 1.44. The van der Waals surface area contributed by atoms with Gasteiger partial charge in [-0.15, -0.1) is 0 Å². The van der Waals surface area contributed by atoms with Crippen molar-refractivity contribution in [2.45, 2.75) is 44.4 Å². The van der Waals surface area contributed by atoms with Crippen molar-refractivity contribution in [2.24, 2.45) is 11.7 Å². The number of primary amides is 1. The van der Waals surface area contributed by atoms with E-state index < -0.39 is 60.0 Å². The van der Waals surface area contributed by atoms with Crippen LogP contribution in [-0.4, -0.2) is 47.5 Å². The topological polar surface area (TPSA) is 148 Å². The first-order valence-electron chi connectivity index (χ1n) is 15.4. The van der Waals surface area contributed by atoms with Crippen LogP contribution in [0.4, 0.5) is 13.2 Å². The van der Waals surface area contributed by atoms with Crippen molar-refractivity contribution < 1.29 is 42.2 Å². The molecule has 12 heteroatoms. The Morgan fingerprint density at radius 1 is 0.714 bits per heavy atom. The maximum atomic E-state index is 13.5. The van der Waals surface area contributed by atoms with Gasteiger partial charge < -0.3 is 26.2 Å². The molecule has 0 aliphatic carbocycles. The van der Waals surface area contributed by atoms with Gasteiger partial charge in [0, 0.05) is 12.8 Å². The highest BCUT2D eigenvalue weighted by molar-refractivity contribution is 5.92. The van der Waals surface area contributed by atoms with Crippen LogP contribution in [0, 0.1) is 5.92 Å². The van der Waals surface area contributed by atoms with E-state index in [1.54, 1.807) is 31.2 Å². The van der Waals surface area contributed by atoms with Gasteiger partial charge in [0.25, 0.3) is 5.91 Å². The van der Waals surface area contributed by atoms with Crippen LogP contribution in [0.2, 0.25) is 0 Å². The molecule has 4 rings (SSSR count). The molecule has 0 saturated carbocycles. The van der Waals surface area contributed by atoms with E-state index in [-0.39, 0.29) is 12.8 Å². The van der Waals surface area contributed by atoms with Crippen molar-refractivity contribution in [2.75, 3.05) is 6.61 Å². The van der Waals surface area contributed by atoms with Gasteiger partial charge in [0.05, 0.1) is 11.5 Å². The second kappa shape index (κ2) is 16.4. The summed E-state index contributed by atoms with van der Waals surface area (Å²) in [5.41, 5.74) is 8.52. The van der Waals surface area contributed by atoms with Crippen LogP contribution in [0.15, 0.2) is 103 Å². The van der Waals surface area contributed by atoms with Gasteiger partial charge in [-0.25, -0.2) is 0 Å². The molecule has 256 valence electrons. The van der Waals surface area contributed by atoms with Crippen LogP contribution in [0.25, 0.3) is 11.1 Å². The number of carbonyl (C=O) groups is 4. The van der Waals surface area contributed by atoms with E-state index in [4.69, 9.17) is 15.6 Å². The monoisotopic (exact) mass is 675 g/mol. The van der Waals surface area contributed by atoms with E-state index >= 15 is 0 Å². The molecular formula is C37H36F3N3O6. The lowest BCUT2D eigenvalue weighted by molar-refractivity contribution is -0.141. The second-order valence-electron chi connectivity index (χ2n) is 11.6. The summed E-state index contributed by atoms with van der Waals surface area (Å²) in [6.07, 6.45) is -4.38. The van der Waals surface area contributed by atoms with Crippen molar-refractivity contribution in [1.29, 1.82) is 0 Å². The van der Waals surface area contributed by atoms with Crippen molar-refractivity contribution in [3.63, 3.8) is 0 Å². The maximum Gasteiger partial charge on any atom is 0.416 e. The third kappa shape index (κ3) is 11.0. The summed E-state index contributed by atoms with van der Waals surface area (Å²) in [6.45, 7) is 1.08. The summed E-state index contributed by atoms with van der Waals surface area (Å²) in [5, 5.41) is 14.2. The van der Waals surface area contributed by atoms with Gasteiger partial charge in [0.2, 0.25) is 11.8 Å². The summed E-state index contributed by atoms with van der Waals surface area (Å²) < 4.78 is 44.9. The summed E-state index contributed by atoms with van der Waals surface area (Å²) in [6, 6.07) is 25.2. The van der Waals surface area contributed by atoms with Gasteiger partial charge in [-0.1, -0.05) is 85.8 Å². The third-order valence-corrected chi connectivity index (χ3v) is 7.79. The van der Waals surface area contributed by atoms with Crippen LogP contribution in [0.3, 0.4) is 0 Å². The number of amides is 3. The fraction of sp³-hybridized carbons (Fsp3) is 0.243. The Labute approximate surface area is 281 Å². The number of benzene rings is 4. The lowest BCUT2D eigenvalue weighted by Crippen LogP contribution is -2.54. The number of carbonyl (C=O) groups excluding carboxylic acids is 3. The molecule has 49 heavy (non-hydrogen) atoms. The number of rotatable bonds is 15. The van der Waals surface area contributed by atoms with Crippen molar-refractivity contribution in [3.8, 4) is 16.9 Å². The predicted octanol–water partition coefficient (Wildman–Crippen LogP) is 4.95. The molecule has 4 aromatic rings. The van der Waals surface area contributed by atoms with Gasteiger partial charge >= 0.3 is 12.1 Å². The van der Waals surface area contributed by atoms with E-state index in [0.717, 1.165) is 28.8 Å². The second-order valence-corrected chi connectivity index (χ2v) is 11.6. The number of nitrogens with one attached hydrogen (secondary N) is 2. The first-order valence-corrected chi connectivity index (χ1v) is 15.4. The lowest BCUT2D eigenvalue weighted by atomic mass is 9.99. The summed E-state index contributed by atoms with van der Waals surface area (Å²) >= 11 is 0. The molecule has 5 N–H and O–H groups in total. The van der Waals surface area contributed by atoms with Crippen LogP contribution in [0.5, 0.6) is 5.75 Å². The number of nitrogens with two attached hydrogens (primary N) is 1. The van der Waals surface area contributed by atoms with Crippen LogP contribution in [-0.2, 0) is 44.6 Å². The van der Waals surface area contributed by atoms with Crippen molar-refractivity contribution >= 4 is 23.7 Å². The van der Waals surface area contributed by atoms with Crippen LogP contribution >= 0.6 is 0 Å². The van der Waals surface area contributed by atoms with Crippen LogP contribution < -0.4 is 21.1 Å². The fourth-order valence-corrected chi connectivity index (χ4v) is 5.02. The number of ether oxygens (including phenoxy) is 1. The first kappa shape index (κ1) is 36.2. The standard InChI is InChI=1S/C37H36F3N3O6/c1-23(36(47)48)19-24-11-17-30(18-12-24)49-22-33(44)42-32(21-26-9-15-29(16-10-26)37(38,39)40)35(46)43-31(34(41)45)20-25-7-13-28(14-8-25)27-5-3-2-4-6-27/h2-18,23,31-32H,19-22H2,1H3,(H2,41,45)(H,42,44)(H,43,46)(H,47,48)/t23-,31-,32+/m0/s1. The van der Waals surface area contributed by atoms with E-state index in [9.17, 15) is 32.3 Å². The van der Waals surface area contributed by atoms with Gasteiger partial charge in [0.1, 0.15) is 17.8 Å². The highest BCUT2D eigenvalue weighted by Gasteiger charge is 2.31. The summed E-state index contributed by atoms with van der Waals surface area (Å²) in [7, 11) is 0. The molecule has 0 spiro atoms. The van der Waals surface area contributed by atoms with Gasteiger partial charge in [-0.05, 0) is 58.5 Å². The smallest absolute Gasteiger partial charge is 0.416 e. The molecule has 0 fully saturated rings. The van der Waals surface area contributed by atoms with Crippen molar-refractivity contribution in [3.05, 3.63) is 125 Å². The number of alkyl halides is 3. The molecule has 0 unspecified atom stereocenters. The molecule has 0 heterocycles. The fourth-order valence-electron chi connectivity index (χ4n) is 5.02. The Hall–Kier alpha value is -5.65. The number of hydrogen-bond acceptors (Lipinski definition) is 5. The summed E-state index contributed by atoms with van der Waals surface area (Å²) in [5.74, 6) is -3.48. The zero-order chi connectivity index (χ0) is 35.6. The molecule has 9 nitrogen and oxygen atoms in total. The Morgan fingerprint density at radius 3 is 1.78 bits per heavy atom. The average Bonchev–Trinajstić information content (AvgIpc) is 3.07. The molecule has 0 aliphatic heterocycles. The number of halogens is 3. The lowest BCUT2D eigenvalue weighted by Gasteiger charge is -2.22. The Kier molecular flexibility index (Phi) is 12.1. The predicted molar refractivity (Wildman–Crippen MR) is 176 cm³/mol. The van der Waals surface area contributed by atoms with E-state index in [2.05, 4.69) is 10.6 Å². The molecule has 3 atom stereocenters. The van der Waals surface area contributed by atoms with E-state index in [0.29, 0.717) is 23.3 Å². The minimum absolute atomic E-state index is 0.0570. The molecule has 0 aliphatic rings. The molecule has 0 radical (unpaired) electrons. The van der Waals surface area contributed by atoms with E-state index in [1.807, 2.05) is 54.6 Å². The van der Waals surface area contributed by atoms with Crippen molar-refractivity contribution in [1.82, 2.24) is 10.6 Å². The molecule has 0 aromatic heterocycles. The third-order valence-electron chi connectivity index (χ3n) is 7.79. The quantitative estimate of drug-likeness (QED) is 0.140. The first-order chi connectivity index (χ1) is 23.3. The number of hydrogen-bond donors (Lipinski definition) is 4. The highest BCUT2D eigenvalue weighted by Crippen LogP contribution is 2.29. The Bertz CT molecular complexity index is 1730. The molecule has 4 aromatic carbocycles. The number of carboxylic acid groups (broad SMARTS) is 1. The van der Waals surface area contributed by atoms with Gasteiger partial charge in [-0.3, -0.25) is 19.2 Å². The molecule has 3 amide bonds. The SMILES string of the molecule is C[C@@H](Cc1ccc(OCC(=O)N[C@H](Cc2ccc(C(F)(F)F)cc2)C(=O)N[C@@H](Cc2ccc(-c3ccccc3)cc2)C(N)=O)cc1)C(=O)O. The zero-order valence-electron chi connectivity index (χ0n) is 26.6. The number of carboxylic acids is 1. The minimum atomic E-state index is -4.55. The van der Waals surface area contributed by atoms with Gasteiger partial charge in [-0.2, -0.15) is 13.2 Å². The Morgan fingerprint density at radius 2 is 1.22 bits per heavy atom. The highest BCUT2D eigenvalue weighted by atomic mass is 19.4. The average molecular weight is 676 g/mol. The largest absolute Gasteiger partial charge is 0.484 e.